The Bertz CT molecular complexity index is 1230. The van der Waals surface area contributed by atoms with Gasteiger partial charge in [0.2, 0.25) is 10.9 Å². The molecule has 4 aromatic rings. The second kappa shape index (κ2) is 8.31. The summed E-state index contributed by atoms with van der Waals surface area (Å²) in [5.74, 6) is 1.89. The largest absolute Gasteiger partial charge is 0.460 e. The van der Waals surface area contributed by atoms with Gasteiger partial charge in [-0.2, -0.15) is 4.98 Å². The molecule has 0 bridgehead atoms. The number of thiol groups is 1. The average molecular weight is 445 g/mol. The van der Waals surface area contributed by atoms with E-state index in [1.165, 1.54) is 11.3 Å². The summed E-state index contributed by atoms with van der Waals surface area (Å²) < 4.78 is 36.8. The van der Waals surface area contributed by atoms with Crippen LogP contribution < -0.4 is 9.46 Å². The van der Waals surface area contributed by atoms with Crippen molar-refractivity contribution >= 4 is 43.5 Å². The van der Waals surface area contributed by atoms with Crippen molar-refractivity contribution in [3.05, 3.63) is 48.4 Å². The zero-order valence-corrected chi connectivity index (χ0v) is 17.7. The number of aromatic nitrogens is 2. The van der Waals surface area contributed by atoms with Crippen LogP contribution in [0.15, 0.2) is 47.0 Å². The molecule has 5 rings (SSSR count). The molecule has 1 aromatic carbocycles. The third-order valence-corrected chi connectivity index (χ3v) is 6.48. The lowest BCUT2D eigenvalue weighted by Crippen LogP contribution is -2.25. The molecule has 3 aromatic heterocycles. The van der Waals surface area contributed by atoms with Crippen molar-refractivity contribution in [2.75, 3.05) is 19.6 Å². The molecule has 1 saturated heterocycles. The Labute approximate surface area is 178 Å². The van der Waals surface area contributed by atoms with Crippen LogP contribution in [-0.2, 0) is 17.4 Å². The van der Waals surface area contributed by atoms with Crippen molar-refractivity contribution < 1.29 is 17.6 Å². The molecule has 4 heterocycles. The molecule has 0 radical (unpaired) electrons. The highest BCUT2D eigenvalue weighted by Gasteiger charge is 2.23. The predicted molar refractivity (Wildman–Crippen MR) is 115 cm³/mol. The van der Waals surface area contributed by atoms with Gasteiger partial charge in [-0.1, -0.05) is 11.3 Å². The van der Waals surface area contributed by atoms with E-state index >= 15 is 0 Å². The Morgan fingerprint density at radius 2 is 2.23 bits per heavy atom. The average Bonchev–Trinajstić information content (AvgIpc) is 3.43. The zero-order chi connectivity index (χ0) is 20.5. The molecule has 0 amide bonds. The molecule has 156 valence electrons. The van der Waals surface area contributed by atoms with Gasteiger partial charge in [-0.3, -0.25) is 4.90 Å². The van der Waals surface area contributed by atoms with Crippen molar-refractivity contribution in [3.63, 3.8) is 0 Å². The fraction of sp³-hybridized carbons (Fsp3) is 0.300. The second-order valence-corrected chi connectivity index (χ2v) is 9.15. The molecular formula is C20H20N4O4S2. The highest BCUT2D eigenvalue weighted by Crippen LogP contribution is 2.32. The van der Waals surface area contributed by atoms with Crippen LogP contribution in [0.4, 0.5) is 0 Å². The molecule has 1 fully saturated rings. The molecule has 10 heteroatoms. The first-order valence-corrected chi connectivity index (χ1v) is 11.6. The van der Waals surface area contributed by atoms with Gasteiger partial charge in [-0.15, -0.1) is 0 Å². The maximum Gasteiger partial charge on any atom is 0.281 e. The van der Waals surface area contributed by atoms with Crippen LogP contribution in [0.25, 0.3) is 21.3 Å². The van der Waals surface area contributed by atoms with Crippen molar-refractivity contribution in [2.45, 2.75) is 13.0 Å². The minimum absolute atomic E-state index is 0.339. The van der Waals surface area contributed by atoms with Gasteiger partial charge in [0.15, 0.2) is 5.65 Å². The van der Waals surface area contributed by atoms with Gasteiger partial charge in [-0.05, 0) is 49.2 Å². The number of rotatable bonds is 7. The van der Waals surface area contributed by atoms with E-state index in [1.54, 1.807) is 6.20 Å². The van der Waals surface area contributed by atoms with E-state index in [9.17, 15) is 8.42 Å². The Morgan fingerprint density at radius 3 is 3.10 bits per heavy atom. The van der Waals surface area contributed by atoms with Gasteiger partial charge in [-0.25, -0.2) is 18.1 Å². The first-order valence-electron chi connectivity index (χ1n) is 9.64. The molecule has 1 aliphatic heterocycles. The Balaban J connectivity index is 1.26. The standard InChI is InChI=1S/C20H20N4O4S2/c25-30(26)22-10-13-5-7-24(11-13)12-16-8-14-3-4-15(9-17(14)27-16)28-20-23-19-18(29-20)2-1-6-21-19/h1-4,6,8-9,13,30H,5,7,10-12H2,(H,22,25,26). The Hall–Kier alpha value is -2.53. The van der Waals surface area contributed by atoms with Crippen LogP contribution in [0.2, 0.25) is 0 Å². The number of hydrogen-bond acceptors (Lipinski definition) is 8. The molecule has 0 saturated carbocycles. The van der Waals surface area contributed by atoms with E-state index < -0.39 is 10.9 Å². The van der Waals surface area contributed by atoms with Crippen molar-refractivity contribution in [1.82, 2.24) is 19.6 Å². The van der Waals surface area contributed by atoms with Crippen LogP contribution in [0.3, 0.4) is 0 Å². The summed E-state index contributed by atoms with van der Waals surface area (Å²) in [6, 6.07) is 11.6. The molecule has 0 aliphatic carbocycles. The molecule has 1 unspecified atom stereocenters. The third kappa shape index (κ3) is 4.31. The van der Waals surface area contributed by atoms with Crippen LogP contribution in [-0.4, -0.2) is 42.9 Å². The van der Waals surface area contributed by atoms with Crippen molar-refractivity contribution in [1.29, 1.82) is 0 Å². The lowest BCUT2D eigenvalue weighted by Gasteiger charge is -2.13. The highest BCUT2D eigenvalue weighted by atomic mass is 32.2. The van der Waals surface area contributed by atoms with E-state index in [0.29, 0.717) is 35.6 Å². The van der Waals surface area contributed by atoms with Crippen LogP contribution in [0.5, 0.6) is 10.9 Å². The number of likely N-dealkylation sites (tertiary alicyclic amines) is 1. The van der Waals surface area contributed by atoms with E-state index in [2.05, 4.69) is 19.6 Å². The summed E-state index contributed by atoms with van der Waals surface area (Å²) in [7, 11) is -2.53. The molecule has 8 nitrogen and oxygen atoms in total. The SMILES string of the molecule is O=[SH](=O)NCC1CCN(Cc2cc3ccc(Oc4nc5ncccc5s4)cc3o2)C1. The quantitative estimate of drug-likeness (QED) is 0.423. The summed E-state index contributed by atoms with van der Waals surface area (Å²) in [6.45, 7) is 2.98. The van der Waals surface area contributed by atoms with E-state index in [4.69, 9.17) is 9.15 Å². The second-order valence-electron chi connectivity index (χ2n) is 7.33. The van der Waals surface area contributed by atoms with Crippen LogP contribution in [0, 0.1) is 5.92 Å². The van der Waals surface area contributed by atoms with Crippen LogP contribution >= 0.6 is 11.3 Å². The van der Waals surface area contributed by atoms with Crippen LogP contribution in [0.1, 0.15) is 12.2 Å². The first-order chi connectivity index (χ1) is 14.6. The smallest absolute Gasteiger partial charge is 0.281 e. The molecular weight excluding hydrogens is 424 g/mol. The van der Waals surface area contributed by atoms with Gasteiger partial charge in [0.25, 0.3) is 5.19 Å². The lowest BCUT2D eigenvalue weighted by atomic mass is 10.1. The van der Waals surface area contributed by atoms with Gasteiger partial charge < -0.3 is 9.15 Å². The number of furan rings is 1. The van der Waals surface area contributed by atoms with E-state index in [0.717, 1.165) is 40.9 Å². The zero-order valence-electron chi connectivity index (χ0n) is 16.0. The number of nitrogens with zero attached hydrogens (tertiary/aromatic N) is 3. The Kier molecular flexibility index (Phi) is 5.38. The Morgan fingerprint density at radius 1 is 1.30 bits per heavy atom. The number of thiazole rings is 1. The van der Waals surface area contributed by atoms with Gasteiger partial charge >= 0.3 is 0 Å². The number of benzene rings is 1. The maximum atomic E-state index is 10.7. The topological polar surface area (TPSA) is 97.6 Å². The normalized spacial score (nSPS) is 17.4. The number of ether oxygens (including phenoxy) is 1. The minimum atomic E-state index is -2.53. The molecule has 1 atom stereocenters. The van der Waals surface area contributed by atoms with Gasteiger partial charge in [0.1, 0.15) is 17.1 Å². The summed E-state index contributed by atoms with van der Waals surface area (Å²) in [6.07, 6.45) is 2.69. The third-order valence-electron chi connectivity index (χ3n) is 5.15. The summed E-state index contributed by atoms with van der Waals surface area (Å²) in [5.41, 5.74) is 1.45. The molecule has 1 aliphatic rings. The van der Waals surface area contributed by atoms with Gasteiger partial charge in [0.05, 0.1) is 11.2 Å². The van der Waals surface area contributed by atoms with E-state index in [-0.39, 0.29) is 0 Å². The van der Waals surface area contributed by atoms with Crippen molar-refractivity contribution in [3.8, 4) is 10.9 Å². The lowest BCUT2D eigenvalue weighted by molar-refractivity contribution is 0.290. The predicted octanol–water partition coefficient (Wildman–Crippen LogP) is 3.17. The number of pyridine rings is 1. The highest BCUT2D eigenvalue weighted by molar-refractivity contribution is 7.70. The number of fused-ring (bicyclic) bond motifs is 2. The summed E-state index contributed by atoms with van der Waals surface area (Å²) in [5, 5.41) is 1.57. The maximum absolute atomic E-state index is 10.7. The fourth-order valence-corrected chi connectivity index (χ4v) is 4.95. The molecule has 30 heavy (non-hydrogen) atoms. The number of hydrogen-bond donors (Lipinski definition) is 2. The fourth-order valence-electron chi connectivity index (χ4n) is 3.75. The number of nitrogens with one attached hydrogen (secondary N) is 1. The summed E-state index contributed by atoms with van der Waals surface area (Å²) in [4.78, 5) is 10.9. The van der Waals surface area contributed by atoms with Crippen molar-refractivity contribution in [2.24, 2.45) is 5.92 Å². The molecule has 1 N–H and O–H groups in total. The monoisotopic (exact) mass is 444 g/mol. The molecule has 0 spiro atoms. The minimum Gasteiger partial charge on any atom is -0.460 e. The summed E-state index contributed by atoms with van der Waals surface area (Å²) >= 11 is 1.45. The first kappa shape index (κ1) is 19.4. The van der Waals surface area contributed by atoms with Gasteiger partial charge in [0, 0.05) is 30.7 Å². The van der Waals surface area contributed by atoms with E-state index in [1.807, 2.05) is 36.4 Å².